The Labute approximate surface area is 134 Å². The molecule has 0 fully saturated rings. The molecule has 0 radical (unpaired) electrons. The van der Waals surface area contributed by atoms with Gasteiger partial charge in [-0.2, -0.15) is 0 Å². The normalized spacial score (nSPS) is 12.6. The van der Waals surface area contributed by atoms with Gasteiger partial charge >= 0.3 is 0 Å². The average molecular weight is 336 g/mol. The van der Waals surface area contributed by atoms with Crippen molar-refractivity contribution >= 4 is 10.9 Å². The minimum atomic E-state index is -1.12. The Morgan fingerprint density at radius 2 is 2.12 bits per heavy atom. The molecular formula is C16H14F2N2O4. The maximum absolute atomic E-state index is 13.3. The van der Waals surface area contributed by atoms with E-state index in [1.54, 1.807) is 12.1 Å². The van der Waals surface area contributed by atoms with E-state index in [4.69, 9.17) is 9.15 Å². The number of halogens is 2. The zero-order chi connectivity index (χ0) is 17.1. The smallest absolute Gasteiger partial charge is 0.261 e. The Hall–Kier alpha value is -2.58. The van der Waals surface area contributed by atoms with Crippen molar-refractivity contribution in [3.05, 3.63) is 64.6 Å². The first kappa shape index (κ1) is 16.3. The van der Waals surface area contributed by atoms with E-state index in [-0.39, 0.29) is 30.7 Å². The van der Waals surface area contributed by atoms with Gasteiger partial charge in [0, 0.05) is 6.07 Å². The zero-order valence-electron chi connectivity index (χ0n) is 12.5. The Morgan fingerprint density at radius 3 is 2.88 bits per heavy atom. The second kappa shape index (κ2) is 6.90. The van der Waals surface area contributed by atoms with Crippen molar-refractivity contribution in [2.24, 2.45) is 0 Å². The van der Waals surface area contributed by atoms with Crippen LogP contribution in [-0.4, -0.2) is 27.4 Å². The van der Waals surface area contributed by atoms with Gasteiger partial charge in [0.05, 0.1) is 42.7 Å². The number of aromatic nitrogens is 2. The molecule has 24 heavy (non-hydrogen) atoms. The summed E-state index contributed by atoms with van der Waals surface area (Å²) in [7, 11) is 0. The van der Waals surface area contributed by atoms with Crippen LogP contribution >= 0.6 is 0 Å². The van der Waals surface area contributed by atoms with E-state index in [9.17, 15) is 18.7 Å². The van der Waals surface area contributed by atoms with Crippen molar-refractivity contribution in [2.75, 3.05) is 6.61 Å². The lowest BCUT2D eigenvalue weighted by Gasteiger charge is -2.13. The van der Waals surface area contributed by atoms with Gasteiger partial charge in [0.15, 0.2) is 11.6 Å². The van der Waals surface area contributed by atoms with Gasteiger partial charge in [-0.05, 0) is 18.2 Å². The van der Waals surface area contributed by atoms with Crippen LogP contribution in [0.1, 0.15) is 5.76 Å². The van der Waals surface area contributed by atoms with Crippen LogP contribution in [0.25, 0.3) is 10.9 Å². The quantitative estimate of drug-likeness (QED) is 0.743. The average Bonchev–Trinajstić information content (AvgIpc) is 3.06. The van der Waals surface area contributed by atoms with Crippen molar-refractivity contribution in [2.45, 2.75) is 19.3 Å². The largest absolute Gasteiger partial charge is 0.467 e. The minimum absolute atomic E-state index is 0.0248. The van der Waals surface area contributed by atoms with Crippen molar-refractivity contribution in [1.82, 2.24) is 9.55 Å². The standard InChI is InChI=1S/C16H14F2N2O4/c17-13-4-12-15(5-14(13)18)19-9-20(16(12)22)6-10(21)7-23-8-11-2-1-3-24-11/h1-5,9-10,21H,6-8H2. The van der Waals surface area contributed by atoms with E-state index in [1.807, 2.05) is 0 Å². The third-order valence-corrected chi connectivity index (χ3v) is 3.41. The van der Waals surface area contributed by atoms with Gasteiger partial charge in [-0.3, -0.25) is 9.36 Å². The number of aliphatic hydroxyl groups excluding tert-OH is 1. The van der Waals surface area contributed by atoms with E-state index in [2.05, 4.69) is 4.98 Å². The van der Waals surface area contributed by atoms with E-state index in [0.29, 0.717) is 5.76 Å². The lowest BCUT2D eigenvalue weighted by Crippen LogP contribution is -2.29. The first-order valence-corrected chi connectivity index (χ1v) is 7.17. The minimum Gasteiger partial charge on any atom is -0.467 e. The van der Waals surface area contributed by atoms with Crippen molar-refractivity contribution in [3.8, 4) is 0 Å². The number of ether oxygens (including phenoxy) is 1. The van der Waals surface area contributed by atoms with Gasteiger partial charge in [-0.15, -0.1) is 0 Å². The molecule has 1 N–H and O–H groups in total. The predicted octanol–water partition coefficient (Wildman–Crippen LogP) is 1.85. The van der Waals surface area contributed by atoms with Crippen LogP contribution in [-0.2, 0) is 17.9 Å². The number of nitrogens with zero attached hydrogens (tertiary/aromatic N) is 2. The second-order valence-corrected chi connectivity index (χ2v) is 5.23. The summed E-state index contributed by atoms with van der Waals surface area (Å²) < 4.78 is 37.9. The highest BCUT2D eigenvalue weighted by atomic mass is 19.2. The molecular weight excluding hydrogens is 322 g/mol. The summed E-state index contributed by atoms with van der Waals surface area (Å²) in [5.74, 6) is -1.58. The topological polar surface area (TPSA) is 77.5 Å². The molecule has 2 heterocycles. The van der Waals surface area contributed by atoms with Crippen LogP contribution in [0, 0.1) is 11.6 Å². The number of furan rings is 1. The lowest BCUT2D eigenvalue weighted by atomic mass is 10.2. The van der Waals surface area contributed by atoms with E-state index < -0.39 is 23.3 Å². The molecule has 0 saturated heterocycles. The summed E-state index contributed by atoms with van der Waals surface area (Å²) in [5.41, 5.74) is -0.511. The molecule has 1 atom stereocenters. The Bertz CT molecular complexity index is 893. The Morgan fingerprint density at radius 1 is 1.33 bits per heavy atom. The number of aliphatic hydroxyl groups is 1. The van der Waals surface area contributed by atoms with Crippen LogP contribution in [0.5, 0.6) is 0 Å². The molecule has 0 saturated carbocycles. The maximum Gasteiger partial charge on any atom is 0.261 e. The zero-order valence-corrected chi connectivity index (χ0v) is 12.5. The first-order valence-electron chi connectivity index (χ1n) is 7.17. The third-order valence-electron chi connectivity index (χ3n) is 3.41. The van der Waals surface area contributed by atoms with Crippen molar-refractivity contribution < 1.29 is 23.0 Å². The molecule has 1 aromatic carbocycles. The van der Waals surface area contributed by atoms with Crippen LogP contribution in [0.3, 0.4) is 0 Å². The first-order chi connectivity index (χ1) is 11.5. The SMILES string of the molecule is O=c1c2cc(F)c(F)cc2ncn1CC(O)COCc1ccco1. The van der Waals surface area contributed by atoms with E-state index in [0.717, 1.165) is 16.7 Å². The molecule has 3 rings (SSSR count). The van der Waals surface area contributed by atoms with Crippen molar-refractivity contribution in [1.29, 1.82) is 0 Å². The molecule has 0 aliphatic carbocycles. The highest BCUT2D eigenvalue weighted by Crippen LogP contribution is 2.13. The molecule has 126 valence electrons. The van der Waals surface area contributed by atoms with Crippen LogP contribution in [0.15, 0.2) is 46.1 Å². The fourth-order valence-electron chi connectivity index (χ4n) is 2.25. The van der Waals surface area contributed by atoms with Crippen LogP contribution in [0.2, 0.25) is 0 Å². The number of fused-ring (bicyclic) bond motifs is 1. The molecule has 0 amide bonds. The van der Waals surface area contributed by atoms with Gasteiger partial charge < -0.3 is 14.3 Å². The summed E-state index contributed by atoms with van der Waals surface area (Å²) in [6.45, 7) is 0.0846. The van der Waals surface area contributed by atoms with Gasteiger partial charge in [-0.1, -0.05) is 0 Å². The number of rotatable bonds is 6. The molecule has 0 aliphatic heterocycles. The summed E-state index contributed by atoms with van der Waals surface area (Å²) >= 11 is 0. The van der Waals surface area contributed by atoms with Gasteiger partial charge in [-0.25, -0.2) is 13.8 Å². The molecule has 6 nitrogen and oxygen atoms in total. The molecule has 0 spiro atoms. The molecule has 2 aromatic heterocycles. The van der Waals surface area contributed by atoms with Gasteiger partial charge in [0.2, 0.25) is 0 Å². The summed E-state index contributed by atoms with van der Waals surface area (Å²) in [5, 5.41) is 9.89. The van der Waals surface area contributed by atoms with Crippen LogP contribution in [0.4, 0.5) is 8.78 Å². The van der Waals surface area contributed by atoms with E-state index in [1.165, 1.54) is 12.6 Å². The monoisotopic (exact) mass is 336 g/mol. The molecule has 8 heteroatoms. The number of hydrogen-bond acceptors (Lipinski definition) is 5. The maximum atomic E-state index is 13.3. The molecule has 1 unspecified atom stereocenters. The summed E-state index contributed by atoms with van der Waals surface area (Å²) in [6, 6.07) is 5.12. The van der Waals surface area contributed by atoms with Crippen LogP contribution < -0.4 is 5.56 Å². The molecule has 0 aliphatic rings. The Balaban J connectivity index is 1.69. The number of benzene rings is 1. The summed E-state index contributed by atoms with van der Waals surface area (Å²) in [4.78, 5) is 16.2. The number of hydrogen-bond donors (Lipinski definition) is 1. The predicted molar refractivity (Wildman–Crippen MR) is 80.3 cm³/mol. The third kappa shape index (κ3) is 3.50. The summed E-state index contributed by atoms with van der Waals surface area (Å²) in [6.07, 6.45) is 1.72. The van der Waals surface area contributed by atoms with Gasteiger partial charge in [0.1, 0.15) is 12.4 Å². The van der Waals surface area contributed by atoms with Crippen molar-refractivity contribution in [3.63, 3.8) is 0 Å². The fraction of sp³-hybridized carbons (Fsp3) is 0.250. The van der Waals surface area contributed by atoms with E-state index >= 15 is 0 Å². The highest BCUT2D eigenvalue weighted by molar-refractivity contribution is 5.77. The molecule has 3 aromatic rings. The Kier molecular flexibility index (Phi) is 4.68. The fourth-order valence-corrected chi connectivity index (χ4v) is 2.25. The molecule has 0 bridgehead atoms. The van der Waals surface area contributed by atoms with Gasteiger partial charge in [0.25, 0.3) is 5.56 Å². The lowest BCUT2D eigenvalue weighted by molar-refractivity contribution is 0.0142. The second-order valence-electron chi connectivity index (χ2n) is 5.23. The highest BCUT2D eigenvalue weighted by Gasteiger charge is 2.12.